The van der Waals surface area contributed by atoms with Gasteiger partial charge in [-0.05, 0) is 42.0 Å². The van der Waals surface area contributed by atoms with Crippen molar-refractivity contribution < 1.29 is 9.53 Å². The first-order chi connectivity index (χ1) is 13.8. The maximum atomic E-state index is 12.3. The number of anilines is 1. The fourth-order valence-corrected chi connectivity index (χ4v) is 3.34. The molecule has 3 heterocycles. The van der Waals surface area contributed by atoms with Gasteiger partial charge < -0.3 is 19.8 Å². The smallest absolute Gasteiger partial charge is 0.255 e. The lowest BCUT2D eigenvalue weighted by Crippen LogP contribution is -2.38. The SMILES string of the molecule is O=C1N[C@H](c2ccc(OCc3cn4ccccc4n3)cc2)Nc2ccccc21. The monoisotopic (exact) mass is 370 g/mol. The Bertz CT molecular complexity index is 1120. The third kappa shape index (κ3) is 3.05. The normalized spacial score (nSPS) is 15.6. The number of rotatable bonds is 4. The second-order valence-corrected chi connectivity index (χ2v) is 6.65. The molecule has 1 aliphatic heterocycles. The van der Waals surface area contributed by atoms with Crippen molar-refractivity contribution in [3.05, 3.63) is 95.9 Å². The van der Waals surface area contributed by atoms with E-state index < -0.39 is 0 Å². The second kappa shape index (κ2) is 6.74. The third-order valence-corrected chi connectivity index (χ3v) is 4.76. The predicted octanol–water partition coefficient (Wildman–Crippen LogP) is 3.77. The number of hydrogen-bond acceptors (Lipinski definition) is 4. The number of ether oxygens (including phenoxy) is 1. The van der Waals surface area contributed by atoms with Crippen LogP contribution in [0.2, 0.25) is 0 Å². The molecule has 4 aromatic rings. The van der Waals surface area contributed by atoms with Crippen molar-refractivity contribution in [2.45, 2.75) is 12.8 Å². The highest BCUT2D eigenvalue weighted by Gasteiger charge is 2.23. The van der Waals surface area contributed by atoms with E-state index in [2.05, 4.69) is 15.6 Å². The molecule has 138 valence electrons. The van der Waals surface area contributed by atoms with Crippen LogP contribution in [0.5, 0.6) is 5.75 Å². The van der Waals surface area contributed by atoms with E-state index in [4.69, 9.17) is 4.74 Å². The summed E-state index contributed by atoms with van der Waals surface area (Å²) in [5.41, 5.74) is 4.22. The topological polar surface area (TPSA) is 67.7 Å². The number of para-hydroxylation sites is 1. The molecule has 0 unspecified atom stereocenters. The fraction of sp³-hybridized carbons (Fsp3) is 0.0909. The van der Waals surface area contributed by atoms with Gasteiger partial charge >= 0.3 is 0 Å². The zero-order valence-electron chi connectivity index (χ0n) is 15.0. The number of imidazole rings is 1. The zero-order valence-corrected chi connectivity index (χ0v) is 15.0. The summed E-state index contributed by atoms with van der Waals surface area (Å²) in [5.74, 6) is 0.676. The number of aromatic nitrogens is 2. The first kappa shape index (κ1) is 16.4. The molecule has 6 heteroatoms. The quantitative estimate of drug-likeness (QED) is 0.574. The molecule has 0 saturated heterocycles. The Balaban J connectivity index is 1.27. The molecule has 1 atom stereocenters. The number of pyridine rings is 1. The molecule has 2 N–H and O–H groups in total. The summed E-state index contributed by atoms with van der Waals surface area (Å²) < 4.78 is 7.83. The Morgan fingerprint density at radius 2 is 1.79 bits per heavy atom. The first-order valence-corrected chi connectivity index (χ1v) is 9.08. The average Bonchev–Trinajstić information content (AvgIpc) is 3.16. The van der Waals surface area contributed by atoms with Crippen molar-refractivity contribution >= 4 is 17.2 Å². The van der Waals surface area contributed by atoms with Crippen LogP contribution in [-0.4, -0.2) is 15.3 Å². The van der Waals surface area contributed by atoms with Gasteiger partial charge in [0.1, 0.15) is 24.2 Å². The zero-order chi connectivity index (χ0) is 18.9. The van der Waals surface area contributed by atoms with E-state index in [0.717, 1.165) is 28.3 Å². The van der Waals surface area contributed by atoms with Crippen LogP contribution in [0.4, 0.5) is 5.69 Å². The van der Waals surface area contributed by atoms with Gasteiger partial charge in [-0.15, -0.1) is 0 Å². The highest BCUT2D eigenvalue weighted by molar-refractivity contribution is 6.01. The molecule has 0 aliphatic carbocycles. The van der Waals surface area contributed by atoms with Crippen molar-refractivity contribution in [2.75, 3.05) is 5.32 Å². The molecule has 2 aromatic carbocycles. The van der Waals surface area contributed by atoms with Gasteiger partial charge in [0, 0.05) is 18.1 Å². The number of amides is 1. The Morgan fingerprint density at radius 3 is 2.64 bits per heavy atom. The minimum Gasteiger partial charge on any atom is -0.487 e. The highest BCUT2D eigenvalue weighted by Crippen LogP contribution is 2.27. The van der Waals surface area contributed by atoms with E-state index in [1.807, 2.05) is 83.5 Å². The van der Waals surface area contributed by atoms with Crippen molar-refractivity contribution in [1.82, 2.24) is 14.7 Å². The van der Waals surface area contributed by atoms with Gasteiger partial charge in [0.15, 0.2) is 0 Å². The second-order valence-electron chi connectivity index (χ2n) is 6.65. The molecule has 6 nitrogen and oxygen atoms in total. The molecule has 0 bridgehead atoms. The van der Waals surface area contributed by atoms with E-state index in [-0.39, 0.29) is 12.1 Å². The Labute approximate surface area is 161 Å². The van der Waals surface area contributed by atoms with Crippen LogP contribution in [0, 0.1) is 0 Å². The van der Waals surface area contributed by atoms with Crippen LogP contribution in [0.3, 0.4) is 0 Å². The molecule has 1 aliphatic rings. The summed E-state index contributed by atoms with van der Waals surface area (Å²) >= 11 is 0. The van der Waals surface area contributed by atoms with Gasteiger partial charge in [0.05, 0.1) is 11.3 Å². The van der Waals surface area contributed by atoms with Crippen LogP contribution in [0.15, 0.2) is 79.1 Å². The van der Waals surface area contributed by atoms with Gasteiger partial charge in [-0.25, -0.2) is 4.98 Å². The lowest BCUT2D eigenvalue weighted by molar-refractivity contribution is 0.0935. The number of carbonyl (C=O) groups excluding carboxylic acids is 1. The first-order valence-electron chi connectivity index (χ1n) is 9.08. The van der Waals surface area contributed by atoms with E-state index in [9.17, 15) is 4.79 Å². The molecule has 5 rings (SSSR count). The number of benzene rings is 2. The number of carbonyl (C=O) groups is 1. The minimum atomic E-state index is -0.269. The third-order valence-electron chi connectivity index (χ3n) is 4.76. The predicted molar refractivity (Wildman–Crippen MR) is 106 cm³/mol. The van der Waals surface area contributed by atoms with Crippen LogP contribution >= 0.6 is 0 Å². The molecule has 0 saturated carbocycles. The lowest BCUT2D eigenvalue weighted by atomic mass is 10.1. The van der Waals surface area contributed by atoms with Gasteiger partial charge in [-0.3, -0.25) is 4.79 Å². The van der Waals surface area contributed by atoms with Gasteiger partial charge in [0.2, 0.25) is 0 Å². The summed E-state index contributed by atoms with van der Waals surface area (Å²) in [5, 5.41) is 6.33. The number of nitrogens with zero attached hydrogens (tertiary/aromatic N) is 2. The summed E-state index contributed by atoms with van der Waals surface area (Å²) in [6, 6.07) is 21.1. The molecule has 28 heavy (non-hydrogen) atoms. The van der Waals surface area contributed by atoms with Gasteiger partial charge in [-0.2, -0.15) is 0 Å². The minimum absolute atomic E-state index is 0.0773. The van der Waals surface area contributed by atoms with Crippen LogP contribution in [0.1, 0.15) is 27.8 Å². The Hall–Kier alpha value is -3.80. The molecule has 0 spiro atoms. The van der Waals surface area contributed by atoms with Crippen molar-refractivity contribution in [3.63, 3.8) is 0 Å². The molecule has 1 amide bonds. The summed E-state index contributed by atoms with van der Waals surface area (Å²) in [6.45, 7) is 0.396. The molecular formula is C22H18N4O2. The van der Waals surface area contributed by atoms with E-state index in [0.29, 0.717) is 12.2 Å². The Morgan fingerprint density at radius 1 is 0.964 bits per heavy atom. The summed E-state index contributed by atoms with van der Waals surface area (Å²) in [7, 11) is 0. The molecule has 2 aromatic heterocycles. The van der Waals surface area contributed by atoms with Crippen LogP contribution < -0.4 is 15.4 Å². The molecular weight excluding hydrogens is 352 g/mol. The maximum absolute atomic E-state index is 12.3. The Kier molecular flexibility index (Phi) is 3.94. The van der Waals surface area contributed by atoms with Crippen molar-refractivity contribution in [1.29, 1.82) is 0 Å². The summed E-state index contributed by atoms with van der Waals surface area (Å²) in [6.07, 6.45) is 3.65. The fourth-order valence-electron chi connectivity index (χ4n) is 3.34. The van der Waals surface area contributed by atoms with E-state index in [1.54, 1.807) is 0 Å². The van der Waals surface area contributed by atoms with E-state index in [1.165, 1.54) is 0 Å². The van der Waals surface area contributed by atoms with Crippen molar-refractivity contribution in [2.24, 2.45) is 0 Å². The van der Waals surface area contributed by atoms with E-state index >= 15 is 0 Å². The maximum Gasteiger partial charge on any atom is 0.255 e. The number of nitrogens with one attached hydrogen (secondary N) is 2. The standard InChI is InChI=1S/C22H18N4O2/c27-22-18-5-1-2-6-19(18)24-21(25-22)15-8-10-17(11-9-15)28-14-16-13-26-12-4-3-7-20(26)23-16/h1-13,21,24H,14H2,(H,25,27)/t21-/m1/s1. The molecule has 0 radical (unpaired) electrons. The number of hydrogen-bond donors (Lipinski definition) is 2. The summed E-state index contributed by atoms with van der Waals surface area (Å²) in [4.78, 5) is 16.8. The number of fused-ring (bicyclic) bond motifs is 2. The van der Waals surface area contributed by atoms with Crippen LogP contribution in [0.25, 0.3) is 5.65 Å². The largest absolute Gasteiger partial charge is 0.487 e. The molecule has 0 fully saturated rings. The lowest BCUT2D eigenvalue weighted by Gasteiger charge is -2.28. The van der Waals surface area contributed by atoms with Crippen molar-refractivity contribution in [3.8, 4) is 5.75 Å². The average molecular weight is 370 g/mol. The highest BCUT2D eigenvalue weighted by atomic mass is 16.5. The van der Waals surface area contributed by atoms with Gasteiger partial charge in [0.25, 0.3) is 5.91 Å². The van der Waals surface area contributed by atoms with Crippen LogP contribution in [-0.2, 0) is 6.61 Å². The van der Waals surface area contributed by atoms with Gasteiger partial charge in [-0.1, -0.05) is 30.3 Å².